The first-order chi connectivity index (χ1) is 12.0. The summed E-state index contributed by atoms with van der Waals surface area (Å²) in [7, 11) is 0. The van der Waals surface area contributed by atoms with Gasteiger partial charge < -0.3 is 10.1 Å². The van der Waals surface area contributed by atoms with Crippen molar-refractivity contribution in [2.24, 2.45) is 0 Å². The van der Waals surface area contributed by atoms with Gasteiger partial charge in [-0.1, -0.05) is 42.0 Å². The predicted octanol–water partition coefficient (Wildman–Crippen LogP) is 3.72. The Morgan fingerprint density at radius 1 is 1.08 bits per heavy atom. The van der Waals surface area contributed by atoms with Crippen LogP contribution in [0.15, 0.2) is 48.5 Å². The number of amides is 1. The van der Waals surface area contributed by atoms with Crippen molar-refractivity contribution < 1.29 is 14.3 Å². The van der Waals surface area contributed by atoms with Gasteiger partial charge in [0.05, 0.1) is 6.61 Å². The number of rotatable bonds is 9. The molecule has 0 aliphatic carbocycles. The van der Waals surface area contributed by atoms with Crippen molar-refractivity contribution in [1.29, 1.82) is 0 Å². The van der Waals surface area contributed by atoms with Crippen molar-refractivity contribution in [2.45, 2.75) is 33.1 Å². The highest BCUT2D eigenvalue weighted by Gasteiger charge is 2.03. The summed E-state index contributed by atoms with van der Waals surface area (Å²) in [5, 5.41) is 2.93. The Kier molecular flexibility index (Phi) is 7.20. The molecule has 0 atom stereocenters. The van der Waals surface area contributed by atoms with E-state index in [4.69, 9.17) is 4.74 Å². The van der Waals surface area contributed by atoms with Crippen molar-refractivity contribution >= 4 is 11.7 Å². The lowest BCUT2D eigenvalue weighted by Gasteiger charge is -2.08. The minimum Gasteiger partial charge on any atom is -0.494 e. The molecule has 4 heteroatoms. The molecule has 25 heavy (non-hydrogen) atoms. The molecule has 0 radical (unpaired) electrons. The standard InChI is InChI=1S/C21H25NO3/c1-16-6-3-7-18(14-16)11-12-22-21(24)10-5-13-25-20-9-4-8-19(15-20)17(2)23/h3-4,6-9,14-15H,5,10-13H2,1-2H3,(H,22,24). The normalized spacial score (nSPS) is 10.3. The number of hydrogen-bond acceptors (Lipinski definition) is 3. The topological polar surface area (TPSA) is 55.4 Å². The average Bonchev–Trinajstić information content (AvgIpc) is 2.59. The Morgan fingerprint density at radius 2 is 1.88 bits per heavy atom. The van der Waals surface area contributed by atoms with E-state index in [1.807, 2.05) is 12.1 Å². The summed E-state index contributed by atoms with van der Waals surface area (Å²) >= 11 is 0. The molecule has 1 amide bonds. The van der Waals surface area contributed by atoms with Crippen molar-refractivity contribution in [2.75, 3.05) is 13.2 Å². The van der Waals surface area contributed by atoms with Gasteiger partial charge in [0.2, 0.25) is 5.91 Å². The molecule has 2 aromatic rings. The minimum absolute atomic E-state index is 0.0124. The van der Waals surface area contributed by atoms with E-state index in [-0.39, 0.29) is 11.7 Å². The monoisotopic (exact) mass is 339 g/mol. The largest absolute Gasteiger partial charge is 0.494 e. The molecule has 0 bridgehead atoms. The van der Waals surface area contributed by atoms with E-state index < -0.39 is 0 Å². The van der Waals surface area contributed by atoms with Crippen LogP contribution in [0.1, 0.15) is 41.3 Å². The molecule has 0 heterocycles. The van der Waals surface area contributed by atoms with E-state index in [0.29, 0.717) is 37.3 Å². The maximum absolute atomic E-state index is 11.8. The van der Waals surface area contributed by atoms with Gasteiger partial charge in [0.25, 0.3) is 0 Å². The van der Waals surface area contributed by atoms with E-state index >= 15 is 0 Å². The van der Waals surface area contributed by atoms with Gasteiger partial charge in [0, 0.05) is 18.5 Å². The second kappa shape index (κ2) is 9.62. The van der Waals surface area contributed by atoms with E-state index in [2.05, 4.69) is 30.4 Å². The molecule has 1 N–H and O–H groups in total. The van der Waals surface area contributed by atoms with Crippen LogP contribution in [-0.2, 0) is 11.2 Å². The SMILES string of the molecule is CC(=O)c1cccc(OCCCC(=O)NCCc2cccc(C)c2)c1. The molecular formula is C21H25NO3. The van der Waals surface area contributed by atoms with Gasteiger partial charge in [0.15, 0.2) is 5.78 Å². The van der Waals surface area contributed by atoms with E-state index in [1.165, 1.54) is 18.1 Å². The number of hydrogen-bond donors (Lipinski definition) is 1. The Labute approximate surface area is 149 Å². The molecule has 0 fully saturated rings. The van der Waals surface area contributed by atoms with E-state index in [1.54, 1.807) is 18.2 Å². The molecule has 2 aromatic carbocycles. The summed E-state index contributed by atoms with van der Waals surface area (Å²) in [4.78, 5) is 23.2. The third-order valence-electron chi connectivity index (χ3n) is 3.88. The number of nitrogens with one attached hydrogen (secondary N) is 1. The summed E-state index contributed by atoms with van der Waals surface area (Å²) < 4.78 is 5.60. The molecule has 2 rings (SSSR count). The highest BCUT2D eigenvalue weighted by molar-refractivity contribution is 5.94. The predicted molar refractivity (Wildman–Crippen MR) is 99.1 cm³/mol. The van der Waals surface area contributed by atoms with Gasteiger partial charge in [-0.2, -0.15) is 0 Å². The van der Waals surface area contributed by atoms with Crippen LogP contribution in [0.2, 0.25) is 0 Å². The lowest BCUT2D eigenvalue weighted by atomic mass is 10.1. The lowest BCUT2D eigenvalue weighted by Crippen LogP contribution is -2.25. The Balaban J connectivity index is 1.62. The maximum atomic E-state index is 11.8. The summed E-state index contributed by atoms with van der Waals surface area (Å²) in [6.45, 7) is 4.69. The number of Topliss-reactive ketones (excluding diaryl/α,β-unsaturated/α-hetero) is 1. The number of ketones is 1. The quantitative estimate of drug-likeness (QED) is 0.560. The van der Waals surface area contributed by atoms with Gasteiger partial charge >= 0.3 is 0 Å². The van der Waals surface area contributed by atoms with Crippen molar-refractivity contribution in [3.63, 3.8) is 0 Å². The highest BCUT2D eigenvalue weighted by Crippen LogP contribution is 2.14. The fraction of sp³-hybridized carbons (Fsp3) is 0.333. The van der Waals surface area contributed by atoms with Gasteiger partial charge in [-0.15, -0.1) is 0 Å². The van der Waals surface area contributed by atoms with Gasteiger partial charge in [0.1, 0.15) is 5.75 Å². The van der Waals surface area contributed by atoms with Crippen LogP contribution in [0.4, 0.5) is 0 Å². The number of carbonyl (C=O) groups excluding carboxylic acids is 2. The van der Waals surface area contributed by atoms with Crippen LogP contribution in [0.25, 0.3) is 0 Å². The zero-order chi connectivity index (χ0) is 18.1. The second-order valence-corrected chi connectivity index (χ2v) is 6.13. The van der Waals surface area contributed by atoms with Crippen molar-refractivity contribution in [3.8, 4) is 5.75 Å². The molecule has 0 saturated carbocycles. The van der Waals surface area contributed by atoms with Crippen LogP contribution in [-0.4, -0.2) is 24.8 Å². The molecule has 0 aliphatic heterocycles. The molecule has 0 spiro atoms. The molecule has 4 nitrogen and oxygen atoms in total. The first-order valence-electron chi connectivity index (χ1n) is 8.60. The molecular weight excluding hydrogens is 314 g/mol. The molecule has 0 aromatic heterocycles. The van der Waals surface area contributed by atoms with Crippen LogP contribution < -0.4 is 10.1 Å². The second-order valence-electron chi connectivity index (χ2n) is 6.13. The number of aryl methyl sites for hydroxylation is 1. The zero-order valence-corrected chi connectivity index (χ0v) is 14.9. The van der Waals surface area contributed by atoms with Gasteiger partial charge in [-0.3, -0.25) is 9.59 Å². The molecule has 132 valence electrons. The van der Waals surface area contributed by atoms with Crippen molar-refractivity contribution in [1.82, 2.24) is 5.32 Å². The molecule has 0 unspecified atom stereocenters. The molecule has 0 aliphatic rings. The number of ether oxygens (including phenoxy) is 1. The van der Waals surface area contributed by atoms with Crippen LogP contribution in [0.3, 0.4) is 0 Å². The van der Waals surface area contributed by atoms with Gasteiger partial charge in [-0.05, 0) is 44.4 Å². The van der Waals surface area contributed by atoms with E-state index in [9.17, 15) is 9.59 Å². The summed E-state index contributed by atoms with van der Waals surface area (Å²) in [6.07, 6.45) is 1.91. The maximum Gasteiger partial charge on any atom is 0.220 e. The number of benzene rings is 2. The highest BCUT2D eigenvalue weighted by atomic mass is 16.5. The molecule has 0 saturated heterocycles. The minimum atomic E-state index is 0.0124. The van der Waals surface area contributed by atoms with Crippen molar-refractivity contribution in [3.05, 3.63) is 65.2 Å². The zero-order valence-electron chi connectivity index (χ0n) is 14.9. The third kappa shape index (κ3) is 6.79. The third-order valence-corrected chi connectivity index (χ3v) is 3.88. The number of carbonyl (C=O) groups is 2. The summed E-state index contributed by atoms with van der Waals surface area (Å²) in [6, 6.07) is 15.4. The van der Waals surface area contributed by atoms with Gasteiger partial charge in [-0.25, -0.2) is 0 Å². The Morgan fingerprint density at radius 3 is 2.64 bits per heavy atom. The smallest absolute Gasteiger partial charge is 0.220 e. The fourth-order valence-electron chi connectivity index (χ4n) is 2.53. The fourth-order valence-corrected chi connectivity index (χ4v) is 2.53. The lowest BCUT2D eigenvalue weighted by molar-refractivity contribution is -0.121. The summed E-state index contributed by atoms with van der Waals surface area (Å²) in [5.41, 5.74) is 3.09. The van der Waals surface area contributed by atoms with Crippen LogP contribution >= 0.6 is 0 Å². The van der Waals surface area contributed by atoms with Crippen LogP contribution in [0, 0.1) is 6.92 Å². The Hall–Kier alpha value is -2.62. The van der Waals surface area contributed by atoms with Crippen LogP contribution in [0.5, 0.6) is 5.75 Å². The Bertz CT molecular complexity index is 725. The summed E-state index contributed by atoms with van der Waals surface area (Å²) in [5.74, 6) is 0.708. The average molecular weight is 339 g/mol. The first kappa shape index (κ1) is 18.7. The van der Waals surface area contributed by atoms with E-state index in [0.717, 1.165) is 6.42 Å². The first-order valence-corrected chi connectivity index (χ1v) is 8.60.